The van der Waals surface area contributed by atoms with Crippen LogP contribution in [0, 0.1) is 46.3 Å². The Morgan fingerprint density at radius 1 is 1.03 bits per heavy atom. The van der Waals surface area contributed by atoms with Gasteiger partial charge in [-0.1, -0.05) is 37.5 Å². The SMILES string of the molecule is CCC(C)(C)C(CC(CC(CC(CC(C)C#N)/C(N)=N/O)C(=O)O)/C(N)=N/O)C(=O)OC. The maximum absolute atomic E-state index is 12.5. The fourth-order valence-electron chi connectivity index (χ4n) is 3.71. The third-order valence-electron chi connectivity index (χ3n) is 6.27. The van der Waals surface area contributed by atoms with Crippen LogP contribution in [-0.4, -0.2) is 46.2 Å². The van der Waals surface area contributed by atoms with E-state index in [1.165, 1.54) is 7.11 Å². The third kappa shape index (κ3) is 8.61. The zero-order valence-corrected chi connectivity index (χ0v) is 19.5. The summed E-state index contributed by atoms with van der Waals surface area (Å²) in [6.07, 6.45) is 0.908. The van der Waals surface area contributed by atoms with Crippen LogP contribution in [0.1, 0.15) is 59.8 Å². The van der Waals surface area contributed by atoms with Gasteiger partial charge in [-0.05, 0) is 38.0 Å². The lowest BCUT2D eigenvalue weighted by Gasteiger charge is -2.34. The van der Waals surface area contributed by atoms with E-state index in [0.717, 1.165) is 0 Å². The summed E-state index contributed by atoms with van der Waals surface area (Å²) in [4.78, 5) is 24.5. The van der Waals surface area contributed by atoms with E-state index in [-0.39, 0.29) is 37.4 Å². The van der Waals surface area contributed by atoms with Gasteiger partial charge in [-0.2, -0.15) is 5.26 Å². The first kappa shape index (κ1) is 29.0. The Kier molecular flexibility index (Phi) is 12.1. The van der Waals surface area contributed by atoms with Gasteiger partial charge in [0.2, 0.25) is 0 Å². The first-order valence-electron chi connectivity index (χ1n) is 10.5. The number of hydrogen-bond donors (Lipinski definition) is 5. The van der Waals surface area contributed by atoms with Crippen molar-refractivity contribution in [1.82, 2.24) is 0 Å². The summed E-state index contributed by atoms with van der Waals surface area (Å²) >= 11 is 0. The van der Waals surface area contributed by atoms with E-state index in [4.69, 9.17) is 26.7 Å². The Hall–Kier alpha value is -3.03. The first-order valence-corrected chi connectivity index (χ1v) is 10.5. The second kappa shape index (κ2) is 13.4. The zero-order chi connectivity index (χ0) is 25.1. The molecule has 11 heteroatoms. The van der Waals surface area contributed by atoms with E-state index in [9.17, 15) is 19.9 Å². The van der Waals surface area contributed by atoms with Crippen LogP contribution < -0.4 is 11.5 Å². The maximum atomic E-state index is 12.5. The lowest BCUT2D eigenvalue weighted by Crippen LogP contribution is -2.38. The van der Waals surface area contributed by atoms with Crippen molar-refractivity contribution in [2.24, 2.45) is 56.8 Å². The monoisotopic (exact) mass is 455 g/mol. The number of hydrogen-bond acceptors (Lipinski definition) is 8. The van der Waals surface area contributed by atoms with E-state index in [2.05, 4.69) is 10.3 Å². The van der Waals surface area contributed by atoms with Crippen molar-refractivity contribution in [2.45, 2.75) is 59.8 Å². The van der Waals surface area contributed by atoms with Crippen molar-refractivity contribution in [3.63, 3.8) is 0 Å². The lowest BCUT2D eigenvalue weighted by atomic mass is 9.71. The quantitative estimate of drug-likeness (QED) is 0.0855. The van der Waals surface area contributed by atoms with Gasteiger partial charge in [-0.25, -0.2) is 0 Å². The van der Waals surface area contributed by atoms with Gasteiger partial charge in [-0.3, -0.25) is 9.59 Å². The Bertz CT molecular complexity index is 731. The molecule has 0 aromatic heterocycles. The summed E-state index contributed by atoms with van der Waals surface area (Å²) in [6, 6.07) is 2.05. The summed E-state index contributed by atoms with van der Waals surface area (Å²) in [5.41, 5.74) is 11.2. The van der Waals surface area contributed by atoms with Gasteiger partial charge in [0, 0.05) is 17.8 Å². The van der Waals surface area contributed by atoms with E-state index in [0.29, 0.717) is 6.42 Å². The average Bonchev–Trinajstić information content (AvgIpc) is 2.77. The van der Waals surface area contributed by atoms with Gasteiger partial charge >= 0.3 is 11.9 Å². The molecule has 5 atom stereocenters. The summed E-state index contributed by atoms with van der Waals surface area (Å²) in [5, 5.41) is 43.3. The van der Waals surface area contributed by atoms with Crippen molar-refractivity contribution in [3.05, 3.63) is 0 Å². The van der Waals surface area contributed by atoms with Gasteiger partial charge in [0.1, 0.15) is 11.7 Å². The van der Waals surface area contributed by atoms with Crippen LogP contribution >= 0.6 is 0 Å². The van der Waals surface area contributed by atoms with Gasteiger partial charge in [-0.15, -0.1) is 0 Å². The number of amidine groups is 2. The predicted molar refractivity (Wildman–Crippen MR) is 118 cm³/mol. The molecule has 0 amide bonds. The van der Waals surface area contributed by atoms with Gasteiger partial charge in [0.25, 0.3) is 0 Å². The summed E-state index contributed by atoms with van der Waals surface area (Å²) in [6.45, 7) is 7.36. The number of aliphatic carboxylic acids is 1. The van der Waals surface area contributed by atoms with Crippen LogP contribution in [0.2, 0.25) is 0 Å². The largest absolute Gasteiger partial charge is 0.481 e. The molecule has 0 aromatic rings. The molecule has 0 saturated heterocycles. The third-order valence-corrected chi connectivity index (χ3v) is 6.27. The molecule has 32 heavy (non-hydrogen) atoms. The van der Waals surface area contributed by atoms with E-state index >= 15 is 0 Å². The molecule has 7 N–H and O–H groups in total. The number of nitrogens with zero attached hydrogens (tertiary/aromatic N) is 3. The Labute approximate surface area is 189 Å². The molecule has 0 saturated carbocycles. The number of carboxylic acids is 1. The minimum absolute atomic E-state index is 0.0213. The van der Waals surface area contributed by atoms with Crippen LogP contribution in [0.4, 0.5) is 0 Å². The molecule has 0 radical (unpaired) electrons. The highest BCUT2D eigenvalue weighted by Crippen LogP contribution is 2.38. The fraction of sp³-hybridized carbons (Fsp3) is 0.762. The number of nitrogens with two attached hydrogens (primary N) is 2. The number of esters is 1. The number of rotatable bonds is 14. The molecule has 11 nitrogen and oxygen atoms in total. The van der Waals surface area contributed by atoms with Crippen molar-refractivity contribution in [2.75, 3.05) is 7.11 Å². The van der Waals surface area contributed by atoms with E-state index in [1.807, 2.05) is 26.8 Å². The molecule has 0 heterocycles. The van der Waals surface area contributed by atoms with Crippen LogP contribution in [0.15, 0.2) is 10.3 Å². The highest BCUT2D eigenvalue weighted by atomic mass is 16.5. The average molecular weight is 456 g/mol. The number of carbonyl (C=O) groups excluding carboxylic acids is 1. The molecule has 0 bridgehead atoms. The Morgan fingerprint density at radius 3 is 1.84 bits per heavy atom. The van der Waals surface area contributed by atoms with Crippen molar-refractivity contribution >= 4 is 23.6 Å². The predicted octanol–water partition coefficient (Wildman–Crippen LogP) is 2.36. The summed E-state index contributed by atoms with van der Waals surface area (Å²) < 4.78 is 4.94. The topological polar surface area (TPSA) is 205 Å². The number of oxime groups is 2. The summed E-state index contributed by atoms with van der Waals surface area (Å²) in [7, 11) is 1.28. The minimum Gasteiger partial charge on any atom is -0.481 e. The second-order valence-corrected chi connectivity index (χ2v) is 8.87. The molecular formula is C21H37N5O6. The van der Waals surface area contributed by atoms with Gasteiger partial charge < -0.3 is 31.7 Å². The molecule has 0 aromatic carbocycles. The molecule has 0 aliphatic heterocycles. The number of carbonyl (C=O) groups is 2. The number of nitriles is 1. The fourth-order valence-corrected chi connectivity index (χ4v) is 3.71. The highest BCUT2D eigenvalue weighted by molar-refractivity contribution is 5.85. The molecule has 5 unspecified atom stereocenters. The smallest absolute Gasteiger partial charge is 0.309 e. The minimum atomic E-state index is -1.15. The molecule has 0 spiro atoms. The molecule has 182 valence electrons. The van der Waals surface area contributed by atoms with Crippen molar-refractivity contribution < 1.29 is 29.8 Å². The molecular weight excluding hydrogens is 418 g/mol. The van der Waals surface area contributed by atoms with Crippen LogP contribution in [0.25, 0.3) is 0 Å². The number of methoxy groups -OCH3 is 1. The highest BCUT2D eigenvalue weighted by Gasteiger charge is 2.39. The van der Waals surface area contributed by atoms with Crippen LogP contribution in [0.5, 0.6) is 0 Å². The zero-order valence-electron chi connectivity index (χ0n) is 19.5. The number of carboxylic acid groups (broad SMARTS) is 1. The van der Waals surface area contributed by atoms with E-state index < -0.39 is 46.9 Å². The molecule has 0 aliphatic rings. The first-order chi connectivity index (χ1) is 14.9. The Morgan fingerprint density at radius 2 is 1.50 bits per heavy atom. The van der Waals surface area contributed by atoms with E-state index in [1.54, 1.807) is 6.92 Å². The summed E-state index contributed by atoms with van der Waals surface area (Å²) in [5.74, 6) is -5.44. The van der Waals surface area contributed by atoms with Crippen molar-refractivity contribution in [1.29, 1.82) is 5.26 Å². The Balaban J connectivity index is 5.95. The lowest BCUT2D eigenvalue weighted by molar-refractivity contribution is -0.150. The normalized spacial score (nSPS) is 17.5. The maximum Gasteiger partial charge on any atom is 0.309 e. The van der Waals surface area contributed by atoms with Gasteiger partial charge in [0.15, 0.2) is 0 Å². The van der Waals surface area contributed by atoms with Crippen LogP contribution in [-0.2, 0) is 14.3 Å². The molecule has 0 rings (SSSR count). The van der Waals surface area contributed by atoms with Gasteiger partial charge in [0.05, 0.1) is 25.0 Å². The molecule has 0 fully saturated rings. The van der Waals surface area contributed by atoms with Crippen molar-refractivity contribution in [3.8, 4) is 6.07 Å². The standard InChI is InChI=1S/C21H37N5O6/c1-6-21(3,4)16(20(29)32-5)10-14(18(24)26-31)9-15(19(27)28)8-13(17(23)25-30)7-12(2)11-22/h12-16,30-31H,6-10H2,1-5H3,(H2,23,25)(H2,24,26)(H,27,28). The second-order valence-electron chi connectivity index (χ2n) is 8.87. The number of ether oxygens (including phenoxy) is 1. The molecule has 0 aliphatic carbocycles. The van der Waals surface area contributed by atoms with Crippen LogP contribution in [0.3, 0.4) is 0 Å².